The molecule has 1 rings (SSSR count). The fourth-order valence-corrected chi connectivity index (χ4v) is 1.09. The number of hydrogen-bond donors (Lipinski definition) is 0. The zero-order chi connectivity index (χ0) is 11.3. The molecular weight excluding hydrogens is 196 g/mol. The number of benzene rings is 1. The molecule has 82 valence electrons. The average Bonchev–Trinajstić information content (AvgIpc) is 2.28. The Morgan fingerprint density at radius 2 is 1.93 bits per heavy atom. The highest BCUT2D eigenvalue weighted by molar-refractivity contribution is 5.74. The SMILES string of the molecule is COC(=O)C(C)Oc1cccc(OC)c1. The third kappa shape index (κ3) is 3.16. The van der Waals surface area contributed by atoms with E-state index in [1.54, 1.807) is 38.3 Å². The molecule has 0 N–H and O–H groups in total. The van der Waals surface area contributed by atoms with Crippen molar-refractivity contribution in [1.82, 2.24) is 0 Å². The Bertz CT molecular complexity index is 335. The number of methoxy groups -OCH3 is 2. The summed E-state index contributed by atoms with van der Waals surface area (Å²) in [7, 11) is 2.90. The molecule has 0 spiro atoms. The molecule has 0 aliphatic heterocycles. The Hall–Kier alpha value is -1.71. The largest absolute Gasteiger partial charge is 0.497 e. The van der Waals surface area contributed by atoms with E-state index in [0.29, 0.717) is 11.5 Å². The lowest BCUT2D eigenvalue weighted by molar-refractivity contribution is -0.147. The van der Waals surface area contributed by atoms with Gasteiger partial charge in [0.15, 0.2) is 6.10 Å². The second-order valence-corrected chi connectivity index (χ2v) is 2.96. The van der Waals surface area contributed by atoms with Gasteiger partial charge in [0.2, 0.25) is 0 Å². The van der Waals surface area contributed by atoms with Crippen LogP contribution in [-0.2, 0) is 9.53 Å². The molecule has 0 bridgehead atoms. The van der Waals surface area contributed by atoms with E-state index >= 15 is 0 Å². The maximum atomic E-state index is 11.1. The van der Waals surface area contributed by atoms with E-state index in [1.807, 2.05) is 0 Å². The summed E-state index contributed by atoms with van der Waals surface area (Å²) in [5, 5.41) is 0. The first-order valence-electron chi connectivity index (χ1n) is 4.56. The molecule has 15 heavy (non-hydrogen) atoms. The molecule has 0 aromatic heterocycles. The van der Waals surface area contributed by atoms with Crippen LogP contribution < -0.4 is 9.47 Å². The number of esters is 1. The van der Waals surface area contributed by atoms with Crippen molar-refractivity contribution in [1.29, 1.82) is 0 Å². The lowest BCUT2D eigenvalue weighted by Gasteiger charge is -2.12. The number of carbonyl (C=O) groups is 1. The molecule has 0 saturated carbocycles. The minimum Gasteiger partial charge on any atom is -0.497 e. The van der Waals surface area contributed by atoms with E-state index in [-0.39, 0.29) is 0 Å². The third-order valence-corrected chi connectivity index (χ3v) is 1.89. The molecule has 4 nitrogen and oxygen atoms in total. The fourth-order valence-electron chi connectivity index (χ4n) is 1.09. The molecule has 1 unspecified atom stereocenters. The fraction of sp³-hybridized carbons (Fsp3) is 0.364. The van der Waals surface area contributed by atoms with Gasteiger partial charge in [-0.25, -0.2) is 4.79 Å². The second-order valence-electron chi connectivity index (χ2n) is 2.96. The van der Waals surface area contributed by atoms with Gasteiger partial charge in [-0.2, -0.15) is 0 Å². The Balaban J connectivity index is 2.67. The first-order valence-corrected chi connectivity index (χ1v) is 4.56. The number of carbonyl (C=O) groups excluding carboxylic acids is 1. The summed E-state index contributed by atoms with van der Waals surface area (Å²) in [5.74, 6) is 0.856. The van der Waals surface area contributed by atoms with Gasteiger partial charge in [-0.15, -0.1) is 0 Å². The maximum Gasteiger partial charge on any atom is 0.346 e. The van der Waals surface area contributed by atoms with E-state index in [4.69, 9.17) is 9.47 Å². The number of ether oxygens (including phenoxy) is 3. The van der Waals surface area contributed by atoms with Crippen molar-refractivity contribution in [3.8, 4) is 11.5 Å². The molecule has 1 atom stereocenters. The van der Waals surface area contributed by atoms with Crippen LogP contribution in [0.3, 0.4) is 0 Å². The monoisotopic (exact) mass is 210 g/mol. The molecule has 0 aliphatic carbocycles. The minimum atomic E-state index is -0.623. The summed E-state index contributed by atoms with van der Waals surface area (Å²) in [5.41, 5.74) is 0. The lowest BCUT2D eigenvalue weighted by atomic mass is 10.3. The van der Waals surface area contributed by atoms with Crippen LogP contribution in [0.4, 0.5) is 0 Å². The first-order chi connectivity index (χ1) is 7.17. The van der Waals surface area contributed by atoms with E-state index < -0.39 is 12.1 Å². The lowest BCUT2D eigenvalue weighted by Crippen LogP contribution is -2.24. The molecule has 0 heterocycles. The summed E-state index contributed by atoms with van der Waals surface area (Å²) in [6.45, 7) is 1.63. The van der Waals surface area contributed by atoms with Gasteiger partial charge in [0.25, 0.3) is 0 Å². The highest BCUT2D eigenvalue weighted by Crippen LogP contribution is 2.19. The van der Waals surface area contributed by atoms with Crippen LogP contribution in [0.25, 0.3) is 0 Å². The van der Waals surface area contributed by atoms with Crippen molar-refractivity contribution in [2.45, 2.75) is 13.0 Å². The average molecular weight is 210 g/mol. The summed E-state index contributed by atoms with van der Waals surface area (Å²) >= 11 is 0. The van der Waals surface area contributed by atoms with Gasteiger partial charge in [-0.3, -0.25) is 0 Å². The predicted molar refractivity (Wildman–Crippen MR) is 55.1 cm³/mol. The smallest absolute Gasteiger partial charge is 0.346 e. The maximum absolute atomic E-state index is 11.1. The molecule has 0 radical (unpaired) electrons. The molecule has 1 aromatic rings. The van der Waals surface area contributed by atoms with Crippen LogP contribution in [0.2, 0.25) is 0 Å². The summed E-state index contributed by atoms with van der Waals surface area (Å²) < 4.78 is 14.9. The minimum absolute atomic E-state index is 0.405. The molecule has 0 aliphatic rings. The van der Waals surface area contributed by atoms with Gasteiger partial charge >= 0.3 is 5.97 Å². The van der Waals surface area contributed by atoms with Crippen LogP contribution in [0.1, 0.15) is 6.92 Å². The molecule has 0 amide bonds. The highest BCUT2D eigenvalue weighted by atomic mass is 16.6. The Morgan fingerprint density at radius 3 is 2.53 bits per heavy atom. The van der Waals surface area contributed by atoms with Crippen molar-refractivity contribution in [3.63, 3.8) is 0 Å². The summed E-state index contributed by atoms with van der Waals surface area (Å²) in [6.07, 6.45) is -0.623. The molecule has 4 heteroatoms. The zero-order valence-corrected chi connectivity index (χ0v) is 9.02. The summed E-state index contributed by atoms with van der Waals surface area (Å²) in [4.78, 5) is 11.1. The quantitative estimate of drug-likeness (QED) is 0.708. The molecule has 0 saturated heterocycles. The van der Waals surface area contributed by atoms with Crippen molar-refractivity contribution >= 4 is 5.97 Å². The van der Waals surface area contributed by atoms with Gasteiger partial charge < -0.3 is 14.2 Å². The van der Waals surface area contributed by atoms with Gasteiger partial charge in [0.1, 0.15) is 11.5 Å². The van der Waals surface area contributed by atoms with E-state index in [9.17, 15) is 4.79 Å². The first kappa shape index (κ1) is 11.4. The van der Waals surface area contributed by atoms with Crippen LogP contribution >= 0.6 is 0 Å². The van der Waals surface area contributed by atoms with Crippen molar-refractivity contribution in [2.75, 3.05) is 14.2 Å². The highest BCUT2D eigenvalue weighted by Gasteiger charge is 2.14. The van der Waals surface area contributed by atoms with Gasteiger partial charge in [-0.05, 0) is 19.1 Å². The molecule has 1 aromatic carbocycles. The molecule has 0 fully saturated rings. The normalized spacial score (nSPS) is 11.7. The van der Waals surface area contributed by atoms with Gasteiger partial charge in [-0.1, -0.05) is 6.07 Å². The van der Waals surface area contributed by atoms with Crippen molar-refractivity contribution < 1.29 is 19.0 Å². The summed E-state index contributed by atoms with van der Waals surface area (Å²) in [6, 6.07) is 7.05. The molecular formula is C11H14O4. The van der Waals surface area contributed by atoms with Crippen molar-refractivity contribution in [2.24, 2.45) is 0 Å². The topological polar surface area (TPSA) is 44.8 Å². The van der Waals surface area contributed by atoms with E-state index in [2.05, 4.69) is 4.74 Å². The van der Waals surface area contributed by atoms with Crippen LogP contribution in [0, 0.1) is 0 Å². The van der Waals surface area contributed by atoms with E-state index in [0.717, 1.165) is 0 Å². The van der Waals surface area contributed by atoms with Crippen LogP contribution in [0.15, 0.2) is 24.3 Å². The predicted octanol–water partition coefficient (Wildman–Crippen LogP) is 1.64. The Morgan fingerprint density at radius 1 is 1.27 bits per heavy atom. The number of hydrogen-bond acceptors (Lipinski definition) is 4. The number of rotatable bonds is 4. The Kier molecular flexibility index (Phi) is 3.97. The van der Waals surface area contributed by atoms with Gasteiger partial charge in [0.05, 0.1) is 14.2 Å². The van der Waals surface area contributed by atoms with E-state index in [1.165, 1.54) is 7.11 Å². The standard InChI is InChI=1S/C11H14O4/c1-8(11(12)14-3)15-10-6-4-5-9(7-10)13-2/h4-8H,1-3H3. The third-order valence-electron chi connectivity index (χ3n) is 1.89. The van der Waals surface area contributed by atoms with Gasteiger partial charge in [0, 0.05) is 6.07 Å². The van der Waals surface area contributed by atoms with Crippen LogP contribution in [0.5, 0.6) is 11.5 Å². The van der Waals surface area contributed by atoms with Crippen LogP contribution in [-0.4, -0.2) is 26.3 Å². The van der Waals surface area contributed by atoms with Crippen molar-refractivity contribution in [3.05, 3.63) is 24.3 Å². The second kappa shape index (κ2) is 5.24. The Labute approximate surface area is 88.8 Å². The zero-order valence-electron chi connectivity index (χ0n) is 9.02.